The van der Waals surface area contributed by atoms with Gasteiger partial charge in [-0.05, 0) is 42.8 Å². The molecule has 0 aliphatic heterocycles. The summed E-state index contributed by atoms with van der Waals surface area (Å²) in [5.74, 6) is 0.458. The van der Waals surface area contributed by atoms with E-state index in [1.807, 2.05) is 19.1 Å². The fourth-order valence-corrected chi connectivity index (χ4v) is 2.67. The Morgan fingerprint density at radius 3 is 2.83 bits per heavy atom. The lowest BCUT2D eigenvalue weighted by Gasteiger charge is -2.09. The van der Waals surface area contributed by atoms with E-state index < -0.39 is 0 Å². The molecule has 0 saturated carbocycles. The van der Waals surface area contributed by atoms with Gasteiger partial charge in [-0.3, -0.25) is 4.79 Å². The van der Waals surface area contributed by atoms with E-state index in [0.29, 0.717) is 27.7 Å². The minimum Gasteiger partial charge on any atom is -0.481 e. The second kappa shape index (κ2) is 5.93. The summed E-state index contributed by atoms with van der Waals surface area (Å²) in [5, 5.41) is 8.72. The maximum absolute atomic E-state index is 12.5. The zero-order chi connectivity index (χ0) is 16.6. The van der Waals surface area contributed by atoms with E-state index in [1.165, 1.54) is 0 Å². The first-order valence-corrected chi connectivity index (χ1v) is 7.46. The largest absolute Gasteiger partial charge is 0.481 e. The predicted molar refractivity (Wildman–Crippen MR) is 91.4 cm³/mol. The molecule has 0 unspecified atom stereocenters. The van der Waals surface area contributed by atoms with Gasteiger partial charge in [-0.1, -0.05) is 17.7 Å². The van der Waals surface area contributed by atoms with Crippen molar-refractivity contribution in [2.75, 3.05) is 12.4 Å². The van der Waals surface area contributed by atoms with Crippen molar-refractivity contribution in [1.82, 2.24) is 9.78 Å². The fraction of sp³-hybridized carbons (Fsp3) is 0.176. The van der Waals surface area contributed by atoms with E-state index in [9.17, 15) is 4.79 Å². The van der Waals surface area contributed by atoms with Gasteiger partial charge in [-0.2, -0.15) is 5.10 Å². The fourth-order valence-electron chi connectivity index (χ4n) is 2.50. The normalized spacial score (nSPS) is 10.8. The molecule has 23 heavy (non-hydrogen) atoms. The topological polar surface area (TPSA) is 56.1 Å². The molecule has 2 aromatic carbocycles. The smallest absolute Gasteiger partial charge is 0.255 e. The summed E-state index contributed by atoms with van der Waals surface area (Å²) in [6.45, 7) is 1.87. The van der Waals surface area contributed by atoms with Gasteiger partial charge in [0, 0.05) is 23.3 Å². The van der Waals surface area contributed by atoms with Crippen LogP contribution in [0, 0.1) is 6.92 Å². The number of fused-ring (bicyclic) bond motifs is 1. The molecule has 6 heteroatoms. The Morgan fingerprint density at radius 1 is 1.30 bits per heavy atom. The van der Waals surface area contributed by atoms with Crippen LogP contribution in [0.2, 0.25) is 5.02 Å². The number of halogens is 1. The Hall–Kier alpha value is -2.53. The number of hydrogen-bond donors (Lipinski definition) is 1. The van der Waals surface area contributed by atoms with Crippen molar-refractivity contribution >= 4 is 34.1 Å². The second-order valence-electron chi connectivity index (χ2n) is 5.23. The minimum atomic E-state index is -0.207. The maximum Gasteiger partial charge on any atom is 0.255 e. The van der Waals surface area contributed by atoms with E-state index >= 15 is 0 Å². The van der Waals surface area contributed by atoms with Gasteiger partial charge in [0.2, 0.25) is 5.88 Å². The monoisotopic (exact) mass is 329 g/mol. The van der Waals surface area contributed by atoms with Crippen molar-refractivity contribution < 1.29 is 9.53 Å². The molecular formula is C17H16ClN3O2. The number of amides is 1. The van der Waals surface area contributed by atoms with Gasteiger partial charge < -0.3 is 10.1 Å². The summed E-state index contributed by atoms with van der Waals surface area (Å²) in [5.41, 5.74) is 2.77. The number of hydrogen-bond acceptors (Lipinski definition) is 3. The zero-order valence-electron chi connectivity index (χ0n) is 13.1. The lowest BCUT2D eigenvalue weighted by atomic mass is 10.1. The summed E-state index contributed by atoms with van der Waals surface area (Å²) in [7, 11) is 3.40. The number of nitrogens with zero attached hydrogens (tertiary/aromatic N) is 2. The van der Waals surface area contributed by atoms with E-state index in [4.69, 9.17) is 16.3 Å². The number of nitrogens with one attached hydrogen (secondary N) is 1. The van der Waals surface area contributed by atoms with Gasteiger partial charge >= 0.3 is 0 Å². The highest BCUT2D eigenvalue weighted by Crippen LogP contribution is 2.27. The van der Waals surface area contributed by atoms with Crippen molar-refractivity contribution in [3.63, 3.8) is 0 Å². The molecule has 0 fully saturated rings. The molecule has 5 nitrogen and oxygen atoms in total. The zero-order valence-corrected chi connectivity index (χ0v) is 13.8. The average Bonchev–Trinajstić information content (AvgIpc) is 2.85. The molecule has 0 saturated heterocycles. The first-order valence-electron chi connectivity index (χ1n) is 7.08. The molecule has 0 bridgehead atoms. The molecule has 0 radical (unpaired) electrons. The number of rotatable bonds is 3. The standard InChI is InChI=1S/C17H16ClN3O2/c1-10-13(18)5-4-6-14(10)19-16(22)11-7-8-12-15(9-11)20-21(2)17(12)23-3/h4-9H,1-3H3,(H,19,22). The summed E-state index contributed by atoms with van der Waals surface area (Å²) < 4.78 is 6.95. The van der Waals surface area contributed by atoms with Crippen LogP contribution in [-0.4, -0.2) is 22.8 Å². The van der Waals surface area contributed by atoms with E-state index in [0.717, 1.165) is 10.9 Å². The molecular weight excluding hydrogens is 314 g/mol. The Bertz CT molecular complexity index is 902. The minimum absolute atomic E-state index is 0.207. The van der Waals surface area contributed by atoms with Gasteiger partial charge in [0.1, 0.15) is 0 Å². The number of anilines is 1. The van der Waals surface area contributed by atoms with Crippen molar-refractivity contribution in [2.24, 2.45) is 7.05 Å². The number of carbonyl (C=O) groups excluding carboxylic acids is 1. The summed E-state index contributed by atoms with van der Waals surface area (Å²) in [6.07, 6.45) is 0. The van der Waals surface area contributed by atoms with Crippen LogP contribution in [0.5, 0.6) is 5.88 Å². The molecule has 1 heterocycles. The molecule has 1 amide bonds. The molecule has 1 N–H and O–H groups in total. The van der Waals surface area contributed by atoms with Gasteiger partial charge in [0.15, 0.2) is 0 Å². The molecule has 0 spiro atoms. The van der Waals surface area contributed by atoms with Crippen LogP contribution in [0.1, 0.15) is 15.9 Å². The van der Waals surface area contributed by atoms with Crippen molar-refractivity contribution in [2.45, 2.75) is 6.92 Å². The van der Waals surface area contributed by atoms with E-state index in [-0.39, 0.29) is 5.91 Å². The van der Waals surface area contributed by atoms with Crippen LogP contribution in [0.25, 0.3) is 10.9 Å². The number of ether oxygens (including phenoxy) is 1. The Kier molecular flexibility index (Phi) is 3.96. The highest BCUT2D eigenvalue weighted by molar-refractivity contribution is 6.31. The highest BCUT2D eigenvalue weighted by atomic mass is 35.5. The number of aromatic nitrogens is 2. The molecule has 0 aliphatic rings. The second-order valence-corrected chi connectivity index (χ2v) is 5.64. The third kappa shape index (κ3) is 2.75. The van der Waals surface area contributed by atoms with Gasteiger partial charge in [-0.15, -0.1) is 0 Å². The molecule has 0 aliphatic carbocycles. The highest BCUT2D eigenvalue weighted by Gasteiger charge is 2.14. The summed E-state index contributed by atoms with van der Waals surface area (Å²) >= 11 is 6.08. The number of aryl methyl sites for hydroxylation is 1. The third-order valence-corrected chi connectivity index (χ3v) is 4.16. The van der Waals surface area contributed by atoms with Gasteiger partial charge in [0.05, 0.1) is 18.0 Å². The molecule has 3 rings (SSSR count). The molecule has 1 aromatic heterocycles. The quantitative estimate of drug-likeness (QED) is 0.795. The Morgan fingerprint density at radius 2 is 2.09 bits per heavy atom. The van der Waals surface area contributed by atoms with Gasteiger partial charge in [-0.25, -0.2) is 4.68 Å². The Balaban J connectivity index is 1.93. The number of methoxy groups -OCH3 is 1. The van der Waals surface area contributed by atoms with Crippen LogP contribution < -0.4 is 10.1 Å². The van der Waals surface area contributed by atoms with Gasteiger partial charge in [0.25, 0.3) is 5.91 Å². The predicted octanol–water partition coefficient (Wildman–Crippen LogP) is 3.80. The summed E-state index contributed by atoms with van der Waals surface area (Å²) in [4.78, 5) is 12.5. The van der Waals surface area contributed by atoms with Crippen molar-refractivity contribution in [3.8, 4) is 5.88 Å². The SMILES string of the molecule is COc1c2ccc(C(=O)Nc3cccc(Cl)c3C)cc2nn1C. The van der Waals surface area contributed by atoms with Crippen LogP contribution in [0.3, 0.4) is 0 Å². The Labute approximate surface area is 138 Å². The number of carbonyl (C=O) groups is 1. The average molecular weight is 330 g/mol. The van der Waals surface area contributed by atoms with Crippen LogP contribution >= 0.6 is 11.6 Å². The molecule has 118 valence electrons. The van der Waals surface area contributed by atoms with Crippen molar-refractivity contribution in [3.05, 3.63) is 52.5 Å². The first kappa shape index (κ1) is 15.4. The van der Waals surface area contributed by atoms with E-state index in [2.05, 4.69) is 10.4 Å². The third-order valence-electron chi connectivity index (χ3n) is 3.75. The first-order chi connectivity index (χ1) is 11.0. The van der Waals surface area contributed by atoms with Crippen molar-refractivity contribution in [1.29, 1.82) is 0 Å². The van der Waals surface area contributed by atoms with E-state index in [1.54, 1.807) is 43.1 Å². The van der Waals surface area contributed by atoms with Crippen LogP contribution in [0.4, 0.5) is 5.69 Å². The van der Waals surface area contributed by atoms with Crippen LogP contribution in [-0.2, 0) is 7.05 Å². The maximum atomic E-state index is 12.5. The summed E-state index contributed by atoms with van der Waals surface area (Å²) in [6, 6.07) is 10.7. The lowest BCUT2D eigenvalue weighted by Crippen LogP contribution is -2.12. The lowest BCUT2D eigenvalue weighted by molar-refractivity contribution is 0.102. The number of benzene rings is 2. The molecule has 0 atom stereocenters. The van der Waals surface area contributed by atoms with Crippen LogP contribution in [0.15, 0.2) is 36.4 Å². The molecule has 3 aromatic rings.